The van der Waals surface area contributed by atoms with Crippen LogP contribution in [0.15, 0.2) is 0 Å². The van der Waals surface area contributed by atoms with Gasteiger partial charge in [-0.1, -0.05) is 0 Å². The average Bonchev–Trinajstić information content (AvgIpc) is 3.18. The summed E-state index contributed by atoms with van der Waals surface area (Å²) in [6, 6.07) is 0. The first-order valence-corrected chi connectivity index (χ1v) is 8.60. The predicted molar refractivity (Wildman–Crippen MR) is 82.7 cm³/mol. The van der Waals surface area contributed by atoms with Gasteiger partial charge in [-0.2, -0.15) is 5.10 Å². The van der Waals surface area contributed by atoms with Crippen LogP contribution in [0.25, 0.3) is 0 Å². The number of likely N-dealkylation sites (tertiary alicyclic amines) is 1. The van der Waals surface area contributed by atoms with Crippen molar-refractivity contribution < 1.29 is 9.53 Å². The van der Waals surface area contributed by atoms with E-state index in [-0.39, 0.29) is 18.1 Å². The number of aromatic amines is 1. The molecule has 0 unspecified atom stereocenters. The highest BCUT2D eigenvalue weighted by Crippen LogP contribution is 2.53. The highest BCUT2D eigenvalue weighted by molar-refractivity contribution is 5.94. The van der Waals surface area contributed by atoms with Gasteiger partial charge in [0.25, 0.3) is 5.91 Å². The third-order valence-corrected chi connectivity index (χ3v) is 5.73. The zero-order valence-corrected chi connectivity index (χ0v) is 13.5. The van der Waals surface area contributed by atoms with E-state index in [1.807, 2.05) is 11.8 Å². The van der Waals surface area contributed by atoms with Crippen LogP contribution in [0.4, 0.5) is 0 Å². The number of carbonyl (C=O) groups excluding carboxylic acids is 1. The molecule has 3 aliphatic rings. The number of fused-ring (bicyclic) bond motifs is 1. The van der Waals surface area contributed by atoms with Gasteiger partial charge in [0.05, 0.1) is 17.9 Å². The zero-order valence-electron chi connectivity index (χ0n) is 13.5. The number of nitrogens with zero attached hydrogens (tertiary/aromatic N) is 2. The molecule has 1 aliphatic carbocycles. The fraction of sp³-hybridized carbons (Fsp3) is 0.765. The first-order valence-electron chi connectivity index (χ1n) is 8.60. The molecule has 22 heavy (non-hydrogen) atoms. The van der Waals surface area contributed by atoms with Gasteiger partial charge in [0, 0.05) is 25.1 Å². The molecule has 1 amide bonds. The summed E-state index contributed by atoms with van der Waals surface area (Å²) in [6.07, 6.45) is 7.22. The van der Waals surface area contributed by atoms with Crippen LogP contribution in [0, 0.1) is 5.41 Å². The van der Waals surface area contributed by atoms with Crippen molar-refractivity contribution in [1.29, 1.82) is 0 Å². The number of ether oxygens (including phenoxy) is 1. The molecule has 120 valence electrons. The number of hydrogen-bond donors (Lipinski definition) is 1. The quantitative estimate of drug-likeness (QED) is 0.868. The number of hydrogen-bond acceptors (Lipinski definition) is 3. The van der Waals surface area contributed by atoms with Gasteiger partial charge in [0.15, 0.2) is 5.69 Å². The maximum Gasteiger partial charge on any atom is 0.274 e. The standard InChI is InChI=1S/C17H25N3O2/c1-11-10-13-14(12(2)22-11)18-19-15(13)16(21)20-8-3-4-17(5-6-17)7-9-20/h11-12H,3-10H2,1-2H3,(H,18,19)/t11-,12+/m1/s1. The first-order chi connectivity index (χ1) is 10.6. The Morgan fingerprint density at radius 1 is 1.27 bits per heavy atom. The van der Waals surface area contributed by atoms with Gasteiger partial charge in [-0.05, 0) is 51.4 Å². The number of carbonyl (C=O) groups is 1. The van der Waals surface area contributed by atoms with Gasteiger partial charge in [0.1, 0.15) is 0 Å². The summed E-state index contributed by atoms with van der Waals surface area (Å²) in [5, 5.41) is 7.38. The van der Waals surface area contributed by atoms with Crippen molar-refractivity contribution in [3.05, 3.63) is 17.0 Å². The second-order valence-electron chi connectivity index (χ2n) is 7.40. The van der Waals surface area contributed by atoms with Crippen LogP contribution < -0.4 is 0 Å². The van der Waals surface area contributed by atoms with Crippen LogP contribution in [0.1, 0.15) is 73.8 Å². The molecule has 0 radical (unpaired) electrons. The minimum atomic E-state index is -0.00772. The number of H-pyrrole nitrogens is 1. The van der Waals surface area contributed by atoms with E-state index in [1.165, 1.54) is 25.7 Å². The van der Waals surface area contributed by atoms with E-state index in [1.54, 1.807) is 0 Å². The second-order valence-corrected chi connectivity index (χ2v) is 7.40. The molecule has 0 bridgehead atoms. The lowest BCUT2D eigenvalue weighted by atomic mass is 9.98. The van der Waals surface area contributed by atoms with E-state index in [9.17, 15) is 4.79 Å². The molecule has 1 spiro atoms. The Labute approximate surface area is 131 Å². The summed E-state index contributed by atoms with van der Waals surface area (Å²) in [7, 11) is 0. The smallest absolute Gasteiger partial charge is 0.274 e. The van der Waals surface area contributed by atoms with Crippen molar-refractivity contribution in [3.63, 3.8) is 0 Å². The van der Waals surface area contributed by atoms with Crippen molar-refractivity contribution in [2.75, 3.05) is 13.1 Å². The molecule has 5 nitrogen and oxygen atoms in total. The van der Waals surface area contributed by atoms with Gasteiger partial charge in [-0.25, -0.2) is 0 Å². The molecule has 0 aromatic carbocycles. The van der Waals surface area contributed by atoms with E-state index < -0.39 is 0 Å². The molecule has 1 aromatic heterocycles. The fourth-order valence-electron chi connectivity index (χ4n) is 4.13. The molecule has 1 aromatic rings. The lowest BCUT2D eigenvalue weighted by molar-refractivity contribution is -0.00701. The van der Waals surface area contributed by atoms with Crippen LogP contribution in [0.3, 0.4) is 0 Å². The predicted octanol–water partition coefficient (Wildman–Crippen LogP) is 2.84. The Morgan fingerprint density at radius 3 is 2.86 bits per heavy atom. The lowest BCUT2D eigenvalue weighted by Crippen LogP contribution is -2.33. The number of nitrogens with one attached hydrogen (secondary N) is 1. The maximum atomic E-state index is 12.9. The largest absolute Gasteiger partial charge is 0.369 e. The van der Waals surface area contributed by atoms with Crippen LogP contribution in [-0.4, -0.2) is 40.2 Å². The van der Waals surface area contributed by atoms with Gasteiger partial charge < -0.3 is 9.64 Å². The Kier molecular flexibility index (Phi) is 3.29. The lowest BCUT2D eigenvalue weighted by Gasteiger charge is -2.26. The van der Waals surface area contributed by atoms with Gasteiger partial charge in [-0.15, -0.1) is 0 Å². The molecule has 2 aliphatic heterocycles. The van der Waals surface area contributed by atoms with Crippen LogP contribution in [-0.2, 0) is 11.2 Å². The molecule has 2 fully saturated rings. The van der Waals surface area contributed by atoms with Crippen molar-refractivity contribution in [2.24, 2.45) is 5.41 Å². The third kappa shape index (κ3) is 2.35. The van der Waals surface area contributed by atoms with Gasteiger partial charge >= 0.3 is 0 Å². The van der Waals surface area contributed by atoms with Crippen molar-refractivity contribution >= 4 is 5.91 Å². The average molecular weight is 303 g/mol. The monoisotopic (exact) mass is 303 g/mol. The van der Waals surface area contributed by atoms with Gasteiger partial charge in [0.2, 0.25) is 0 Å². The summed E-state index contributed by atoms with van der Waals surface area (Å²) in [5.41, 5.74) is 3.26. The SMILES string of the molecule is C[C@@H]1Cc2c(C(=O)N3CCCC4(CC3)CC4)n[nH]c2[C@H](C)O1. The number of rotatable bonds is 1. The van der Waals surface area contributed by atoms with E-state index in [4.69, 9.17) is 4.74 Å². The highest BCUT2D eigenvalue weighted by Gasteiger charge is 2.43. The molecule has 3 heterocycles. The Bertz CT molecular complexity index is 591. The van der Waals surface area contributed by atoms with E-state index in [2.05, 4.69) is 17.1 Å². The minimum absolute atomic E-state index is 0.00772. The van der Waals surface area contributed by atoms with Crippen LogP contribution in [0.5, 0.6) is 0 Å². The van der Waals surface area contributed by atoms with Crippen LogP contribution >= 0.6 is 0 Å². The van der Waals surface area contributed by atoms with Crippen molar-refractivity contribution in [3.8, 4) is 0 Å². The van der Waals surface area contributed by atoms with Crippen molar-refractivity contribution in [1.82, 2.24) is 15.1 Å². The van der Waals surface area contributed by atoms with E-state index >= 15 is 0 Å². The van der Waals surface area contributed by atoms with E-state index in [0.717, 1.165) is 37.2 Å². The number of aromatic nitrogens is 2. The summed E-state index contributed by atoms with van der Waals surface area (Å²) >= 11 is 0. The zero-order chi connectivity index (χ0) is 15.3. The molecule has 5 heteroatoms. The minimum Gasteiger partial charge on any atom is -0.369 e. The normalized spacial score (nSPS) is 30.0. The molecular weight excluding hydrogens is 278 g/mol. The Balaban J connectivity index is 1.55. The molecule has 2 atom stereocenters. The maximum absolute atomic E-state index is 12.9. The third-order valence-electron chi connectivity index (χ3n) is 5.73. The van der Waals surface area contributed by atoms with E-state index in [0.29, 0.717) is 11.1 Å². The molecule has 1 N–H and O–H groups in total. The highest BCUT2D eigenvalue weighted by atomic mass is 16.5. The fourth-order valence-corrected chi connectivity index (χ4v) is 4.13. The Morgan fingerprint density at radius 2 is 2.09 bits per heavy atom. The number of amides is 1. The molecular formula is C17H25N3O2. The summed E-state index contributed by atoms with van der Waals surface area (Å²) in [4.78, 5) is 15.0. The van der Waals surface area contributed by atoms with Gasteiger partial charge in [-0.3, -0.25) is 9.89 Å². The van der Waals surface area contributed by atoms with Crippen LogP contribution in [0.2, 0.25) is 0 Å². The van der Waals surface area contributed by atoms with Crippen molar-refractivity contribution in [2.45, 2.75) is 64.6 Å². The summed E-state index contributed by atoms with van der Waals surface area (Å²) < 4.78 is 5.81. The topological polar surface area (TPSA) is 58.2 Å². The molecule has 4 rings (SSSR count). The molecule has 1 saturated carbocycles. The first kappa shape index (κ1) is 14.2. The summed E-state index contributed by atoms with van der Waals surface area (Å²) in [5.74, 6) is 0.108. The summed E-state index contributed by atoms with van der Waals surface area (Å²) in [6.45, 7) is 5.85. The second kappa shape index (κ2) is 5.08. The molecule has 1 saturated heterocycles. The Hall–Kier alpha value is -1.36.